The first-order chi connectivity index (χ1) is 12.0. The minimum atomic E-state index is -3.53. The number of fused-ring (bicyclic) bond motifs is 1. The van der Waals surface area contributed by atoms with Crippen molar-refractivity contribution in [3.63, 3.8) is 0 Å². The van der Waals surface area contributed by atoms with E-state index in [9.17, 15) is 8.42 Å². The Hall–Kier alpha value is -1.69. The summed E-state index contributed by atoms with van der Waals surface area (Å²) in [7, 11) is -3.53. The lowest BCUT2D eigenvalue weighted by atomic mass is 9.90. The fourth-order valence-corrected chi connectivity index (χ4v) is 7.46. The minimum Gasteiger partial charge on any atom is -0.218 e. The molecule has 1 aliphatic heterocycles. The van der Waals surface area contributed by atoms with E-state index in [4.69, 9.17) is 0 Å². The summed E-state index contributed by atoms with van der Waals surface area (Å²) in [5, 5.41) is 8.05. The van der Waals surface area contributed by atoms with Crippen LogP contribution < -0.4 is 0 Å². The molecule has 0 saturated heterocycles. The van der Waals surface area contributed by atoms with Crippen LogP contribution in [0.4, 0.5) is 0 Å². The summed E-state index contributed by atoms with van der Waals surface area (Å²) < 4.78 is 28.1. The van der Waals surface area contributed by atoms with Crippen LogP contribution in [0.2, 0.25) is 0 Å². The SMILES string of the molecule is O=S1(=O)c2cc(Br)c3cccc4c5cccc6c(Br)cc1c(c2c34)c65. The second kappa shape index (κ2) is 4.34. The molecule has 1 heterocycles. The minimum absolute atomic E-state index is 0.406. The Morgan fingerprint density at radius 1 is 0.600 bits per heavy atom. The smallest absolute Gasteiger partial charge is 0.207 e. The number of benzene rings is 5. The van der Waals surface area contributed by atoms with Gasteiger partial charge < -0.3 is 0 Å². The second-order valence-corrected chi connectivity index (χ2v) is 10.0. The van der Waals surface area contributed by atoms with Crippen molar-refractivity contribution in [1.29, 1.82) is 0 Å². The number of sulfone groups is 1. The van der Waals surface area contributed by atoms with Crippen LogP contribution in [0.25, 0.3) is 43.1 Å². The molecule has 0 radical (unpaired) electrons. The van der Waals surface area contributed by atoms with Gasteiger partial charge in [0.25, 0.3) is 0 Å². The van der Waals surface area contributed by atoms with Gasteiger partial charge in [0.1, 0.15) is 0 Å². The summed E-state index contributed by atoms with van der Waals surface area (Å²) in [5.41, 5.74) is 0. The lowest BCUT2D eigenvalue weighted by molar-refractivity contribution is 0.599. The van der Waals surface area contributed by atoms with Gasteiger partial charge in [0.05, 0.1) is 9.79 Å². The predicted octanol–water partition coefficient (Wildman–Crippen LogP) is 6.41. The van der Waals surface area contributed by atoms with E-state index in [1.54, 1.807) is 12.1 Å². The van der Waals surface area contributed by atoms with Crippen molar-refractivity contribution in [2.75, 3.05) is 0 Å². The Kier molecular flexibility index (Phi) is 2.51. The molecule has 0 fully saturated rings. The zero-order chi connectivity index (χ0) is 17.1. The highest BCUT2D eigenvalue weighted by molar-refractivity contribution is 9.11. The zero-order valence-corrected chi connectivity index (χ0v) is 16.6. The van der Waals surface area contributed by atoms with Gasteiger partial charge in [-0.25, -0.2) is 8.42 Å². The molecule has 0 aromatic heterocycles. The predicted molar refractivity (Wildman–Crippen MR) is 109 cm³/mol. The van der Waals surface area contributed by atoms with Crippen molar-refractivity contribution < 1.29 is 8.42 Å². The molecule has 1 aliphatic rings. The Morgan fingerprint density at radius 2 is 1.00 bits per heavy atom. The Labute approximate surface area is 159 Å². The van der Waals surface area contributed by atoms with Crippen molar-refractivity contribution in [3.05, 3.63) is 57.5 Å². The number of halogens is 2. The molecule has 5 aromatic carbocycles. The molecule has 5 aromatic rings. The largest absolute Gasteiger partial charge is 0.218 e. The molecule has 0 N–H and O–H groups in total. The first kappa shape index (κ1) is 14.5. The van der Waals surface area contributed by atoms with Crippen LogP contribution in [0, 0.1) is 0 Å². The fourth-order valence-electron chi connectivity index (χ4n) is 4.31. The number of rotatable bonds is 0. The van der Waals surface area contributed by atoms with Gasteiger partial charge >= 0.3 is 0 Å². The first-order valence-corrected chi connectivity index (χ1v) is 10.8. The standard InChI is InChI=1S/C20H8Br2O2S/c21-13-7-15-19-17-9(3-1-5-11(13)17)10-4-2-6-12-14(22)8-16(25(15,23)24)20(19)18(10)12/h1-8H. The first-order valence-electron chi connectivity index (χ1n) is 7.76. The summed E-state index contributed by atoms with van der Waals surface area (Å²) >= 11 is 7.16. The molecule has 0 aliphatic carbocycles. The topological polar surface area (TPSA) is 34.1 Å². The monoisotopic (exact) mass is 470 g/mol. The van der Waals surface area contributed by atoms with E-state index >= 15 is 0 Å². The van der Waals surface area contributed by atoms with Crippen LogP contribution in [0.3, 0.4) is 0 Å². The van der Waals surface area contributed by atoms with Gasteiger partial charge in [0.15, 0.2) is 0 Å². The Morgan fingerprint density at radius 3 is 1.44 bits per heavy atom. The van der Waals surface area contributed by atoms with Crippen molar-refractivity contribution >= 4 is 84.8 Å². The maximum atomic E-state index is 13.2. The molecule has 0 saturated carbocycles. The normalized spacial score (nSPS) is 15.4. The van der Waals surface area contributed by atoms with Crippen LogP contribution in [-0.2, 0) is 9.84 Å². The van der Waals surface area contributed by atoms with Gasteiger partial charge in [0, 0.05) is 19.7 Å². The van der Waals surface area contributed by atoms with E-state index < -0.39 is 9.84 Å². The lowest BCUT2D eigenvalue weighted by Crippen LogP contribution is -1.97. The molecule has 6 rings (SSSR count). The highest BCUT2D eigenvalue weighted by Gasteiger charge is 2.35. The quantitative estimate of drug-likeness (QED) is 0.189. The van der Waals surface area contributed by atoms with Crippen molar-refractivity contribution in [1.82, 2.24) is 0 Å². The maximum absolute atomic E-state index is 13.2. The van der Waals surface area contributed by atoms with Crippen molar-refractivity contribution in [2.24, 2.45) is 0 Å². The summed E-state index contributed by atoms with van der Waals surface area (Å²) in [6.07, 6.45) is 0. The third kappa shape index (κ3) is 1.50. The van der Waals surface area contributed by atoms with E-state index in [1.165, 1.54) is 0 Å². The van der Waals surface area contributed by atoms with E-state index in [0.717, 1.165) is 52.0 Å². The van der Waals surface area contributed by atoms with Gasteiger partial charge in [-0.15, -0.1) is 0 Å². The van der Waals surface area contributed by atoms with E-state index in [2.05, 4.69) is 44.0 Å². The maximum Gasteiger partial charge on any atom is 0.207 e. The molecule has 0 bridgehead atoms. The summed E-state index contributed by atoms with van der Waals surface area (Å²) in [5.74, 6) is 0. The van der Waals surface area contributed by atoms with E-state index in [0.29, 0.717) is 9.79 Å². The third-order valence-electron chi connectivity index (χ3n) is 5.27. The van der Waals surface area contributed by atoms with Gasteiger partial charge in [0.2, 0.25) is 9.84 Å². The zero-order valence-electron chi connectivity index (χ0n) is 12.6. The van der Waals surface area contributed by atoms with E-state index in [1.807, 2.05) is 24.3 Å². The van der Waals surface area contributed by atoms with Crippen LogP contribution >= 0.6 is 31.9 Å². The lowest BCUT2D eigenvalue weighted by Gasteiger charge is -2.14. The van der Waals surface area contributed by atoms with Gasteiger partial charge in [-0.05, 0) is 44.5 Å². The Bertz CT molecular complexity index is 1410. The molecule has 0 unspecified atom stereocenters. The summed E-state index contributed by atoms with van der Waals surface area (Å²) in [6, 6.07) is 15.8. The summed E-state index contributed by atoms with van der Waals surface area (Å²) in [4.78, 5) is 0.812. The highest BCUT2D eigenvalue weighted by Crippen LogP contribution is 2.52. The second-order valence-electron chi connectivity index (χ2n) is 6.42. The van der Waals surface area contributed by atoms with Gasteiger partial charge in [-0.1, -0.05) is 68.3 Å². The highest BCUT2D eigenvalue weighted by atomic mass is 79.9. The summed E-state index contributed by atoms with van der Waals surface area (Å²) in [6.45, 7) is 0. The van der Waals surface area contributed by atoms with Crippen molar-refractivity contribution in [2.45, 2.75) is 9.79 Å². The van der Waals surface area contributed by atoms with Crippen LogP contribution in [0.15, 0.2) is 67.3 Å². The molecule has 0 amide bonds. The van der Waals surface area contributed by atoms with Gasteiger partial charge in [-0.3, -0.25) is 0 Å². The Balaban J connectivity index is 2.19. The molecular formula is C20H8Br2O2S. The van der Waals surface area contributed by atoms with E-state index in [-0.39, 0.29) is 0 Å². The third-order valence-corrected chi connectivity index (χ3v) is 8.39. The molecule has 2 nitrogen and oxygen atoms in total. The van der Waals surface area contributed by atoms with Crippen LogP contribution in [0.5, 0.6) is 0 Å². The molecular weight excluding hydrogens is 464 g/mol. The average Bonchev–Trinajstić information content (AvgIpc) is 2.83. The molecule has 5 heteroatoms. The fraction of sp³-hybridized carbons (Fsp3) is 0. The van der Waals surface area contributed by atoms with Gasteiger partial charge in [-0.2, -0.15) is 0 Å². The number of hydrogen-bond acceptors (Lipinski definition) is 2. The average molecular weight is 472 g/mol. The van der Waals surface area contributed by atoms with Crippen LogP contribution in [0.1, 0.15) is 0 Å². The molecule has 120 valence electrons. The van der Waals surface area contributed by atoms with Crippen molar-refractivity contribution in [3.8, 4) is 0 Å². The molecule has 25 heavy (non-hydrogen) atoms. The molecule has 0 atom stereocenters. The number of hydrogen-bond donors (Lipinski definition) is 0. The molecule has 0 spiro atoms. The van der Waals surface area contributed by atoms with Crippen LogP contribution in [-0.4, -0.2) is 8.42 Å².